The SMILES string of the molecule is CCc1nc(CNC(=O)[C@H](C)c2n[nH]c(=O)c3ccccc23)cs1. The number of rotatable bonds is 5. The summed E-state index contributed by atoms with van der Waals surface area (Å²) in [6.07, 6.45) is 0.891. The van der Waals surface area contributed by atoms with Crippen LogP contribution in [0.2, 0.25) is 0 Å². The number of H-pyrrole nitrogens is 1. The highest BCUT2D eigenvalue weighted by Gasteiger charge is 2.20. The van der Waals surface area contributed by atoms with Gasteiger partial charge in [-0.2, -0.15) is 5.10 Å². The summed E-state index contributed by atoms with van der Waals surface area (Å²) in [4.78, 5) is 28.7. The maximum atomic E-state index is 12.5. The van der Waals surface area contributed by atoms with Crippen LogP contribution in [0.4, 0.5) is 0 Å². The number of amides is 1. The molecule has 24 heavy (non-hydrogen) atoms. The van der Waals surface area contributed by atoms with E-state index < -0.39 is 5.92 Å². The molecule has 0 aliphatic carbocycles. The summed E-state index contributed by atoms with van der Waals surface area (Å²) in [6.45, 7) is 4.22. The number of fused-ring (bicyclic) bond motifs is 1. The fraction of sp³-hybridized carbons (Fsp3) is 0.294. The number of aromatic nitrogens is 3. The molecule has 0 bridgehead atoms. The van der Waals surface area contributed by atoms with Gasteiger partial charge in [-0.3, -0.25) is 9.59 Å². The van der Waals surface area contributed by atoms with Gasteiger partial charge in [0.25, 0.3) is 5.56 Å². The third-order valence-corrected chi connectivity index (χ3v) is 4.92. The molecule has 7 heteroatoms. The molecule has 0 fully saturated rings. The van der Waals surface area contributed by atoms with Gasteiger partial charge in [0.1, 0.15) is 0 Å². The monoisotopic (exact) mass is 342 g/mol. The highest BCUT2D eigenvalue weighted by Crippen LogP contribution is 2.21. The minimum absolute atomic E-state index is 0.147. The predicted molar refractivity (Wildman–Crippen MR) is 94.1 cm³/mol. The molecule has 1 atom stereocenters. The Labute approximate surface area is 143 Å². The van der Waals surface area contributed by atoms with E-state index in [1.54, 1.807) is 30.4 Å². The molecule has 124 valence electrons. The first kappa shape index (κ1) is 16.3. The summed E-state index contributed by atoms with van der Waals surface area (Å²) in [5.41, 5.74) is 1.17. The van der Waals surface area contributed by atoms with Gasteiger partial charge in [-0.15, -0.1) is 11.3 Å². The van der Waals surface area contributed by atoms with Crippen LogP contribution >= 0.6 is 11.3 Å². The maximum Gasteiger partial charge on any atom is 0.272 e. The molecule has 3 rings (SSSR count). The van der Waals surface area contributed by atoms with Gasteiger partial charge in [-0.05, 0) is 19.4 Å². The van der Waals surface area contributed by atoms with Crippen LogP contribution in [-0.2, 0) is 17.8 Å². The molecule has 0 spiro atoms. The highest BCUT2D eigenvalue weighted by molar-refractivity contribution is 7.09. The van der Waals surface area contributed by atoms with E-state index >= 15 is 0 Å². The molecule has 0 aliphatic heterocycles. The average Bonchev–Trinajstić information content (AvgIpc) is 3.08. The number of carbonyl (C=O) groups excluding carboxylic acids is 1. The Morgan fingerprint density at radius 3 is 2.79 bits per heavy atom. The molecule has 0 radical (unpaired) electrons. The van der Waals surface area contributed by atoms with E-state index in [1.165, 1.54) is 0 Å². The zero-order valence-electron chi connectivity index (χ0n) is 13.5. The van der Waals surface area contributed by atoms with Crippen LogP contribution in [0.1, 0.15) is 36.2 Å². The molecule has 2 heterocycles. The van der Waals surface area contributed by atoms with E-state index in [9.17, 15) is 9.59 Å². The number of nitrogens with zero attached hydrogens (tertiary/aromatic N) is 2. The zero-order chi connectivity index (χ0) is 17.1. The molecule has 3 aromatic rings. The van der Waals surface area contributed by atoms with Gasteiger partial charge >= 0.3 is 0 Å². The first-order valence-corrected chi connectivity index (χ1v) is 8.66. The number of carbonyl (C=O) groups is 1. The molecule has 0 aliphatic rings. The molecular formula is C17H18N4O2S. The Morgan fingerprint density at radius 2 is 2.08 bits per heavy atom. The van der Waals surface area contributed by atoms with Crippen molar-refractivity contribution in [3.8, 4) is 0 Å². The van der Waals surface area contributed by atoms with Crippen LogP contribution in [0.15, 0.2) is 34.4 Å². The van der Waals surface area contributed by atoms with Crippen LogP contribution in [0.3, 0.4) is 0 Å². The van der Waals surface area contributed by atoms with E-state index in [0.29, 0.717) is 23.0 Å². The number of benzene rings is 1. The van der Waals surface area contributed by atoms with Crippen molar-refractivity contribution in [1.29, 1.82) is 0 Å². The summed E-state index contributed by atoms with van der Waals surface area (Å²) in [5.74, 6) is -0.623. The molecular weight excluding hydrogens is 324 g/mol. The van der Waals surface area contributed by atoms with Gasteiger partial charge in [-0.1, -0.05) is 25.1 Å². The Morgan fingerprint density at radius 1 is 1.33 bits per heavy atom. The van der Waals surface area contributed by atoms with Crippen molar-refractivity contribution in [2.75, 3.05) is 0 Å². The van der Waals surface area contributed by atoms with Crippen molar-refractivity contribution in [3.63, 3.8) is 0 Å². The fourth-order valence-corrected chi connectivity index (χ4v) is 3.26. The first-order chi connectivity index (χ1) is 11.6. The molecule has 0 saturated heterocycles. The standard InChI is InChI=1S/C17H18N4O2S/c1-3-14-19-11(9-24-14)8-18-16(22)10(2)15-12-6-4-5-7-13(12)17(23)21-20-15/h4-7,9-10H,3,8H2,1-2H3,(H,18,22)(H,21,23)/t10-/m1/s1. The summed E-state index contributed by atoms with van der Waals surface area (Å²) in [7, 11) is 0. The summed E-state index contributed by atoms with van der Waals surface area (Å²) < 4.78 is 0. The summed E-state index contributed by atoms with van der Waals surface area (Å²) in [5, 5.41) is 13.7. The Hall–Kier alpha value is -2.54. The maximum absolute atomic E-state index is 12.5. The van der Waals surface area contributed by atoms with Crippen molar-refractivity contribution >= 4 is 28.0 Å². The van der Waals surface area contributed by atoms with Crippen molar-refractivity contribution in [2.24, 2.45) is 0 Å². The second-order valence-electron chi connectivity index (χ2n) is 5.51. The normalized spacial score (nSPS) is 12.2. The lowest BCUT2D eigenvalue weighted by Gasteiger charge is -2.12. The zero-order valence-corrected chi connectivity index (χ0v) is 14.3. The predicted octanol–water partition coefficient (Wildman–Crippen LogP) is 2.36. The van der Waals surface area contributed by atoms with Crippen molar-refractivity contribution in [3.05, 3.63) is 56.4 Å². The van der Waals surface area contributed by atoms with Crippen LogP contribution < -0.4 is 10.9 Å². The molecule has 1 aromatic carbocycles. The molecule has 2 aromatic heterocycles. The summed E-state index contributed by atoms with van der Waals surface area (Å²) in [6, 6.07) is 7.16. The van der Waals surface area contributed by atoms with Crippen molar-refractivity contribution in [1.82, 2.24) is 20.5 Å². The van der Waals surface area contributed by atoms with Crippen LogP contribution in [0.25, 0.3) is 10.8 Å². The molecule has 6 nitrogen and oxygen atoms in total. The topological polar surface area (TPSA) is 87.7 Å². The van der Waals surface area contributed by atoms with Gasteiger partial charge in [-0.25, -0.2) is 10.1 Å². The van der Waals surface area contributed by atoms with Crippen LogP contribution in [0, 0.1) is 0 Å². The molecule has 2 N–H and O–H groups in total. The van der Waals surface area contributed by atoms with E-state index in [4.69, 9.17) is 0 Å². The van der Waals surface area contributed by atoms with Gasteiger partial charge in [0.05, 0.1) is 34.2 Å². The van der Waals surface area contributed by atoms with E-state index in [0.717, 1.165) is 17.1 Å². The lowest BCUT2D eigenvalue weighted by Crippen LogP contribution is -2.29. The van der Waals surface area contributed by atoms with Crippen molar-refractivity contribution in [2.45, 2.75) is 32.7 Å². The van der Waals surface area contributed by atoms with Gasteiger partial charge in [0.15, 0.2) is 0 Å². The Balaban J connectivity index is 1.78. The van der Waals surface area contributed by atoms with Gasteiger partial charge < -0.3 is 5.32 Å². The van der Waals surface area contributed by atoms with Crippen LogP contribution in [-0.4, -0.2) is 21.1 Å². The minimum Gasteiger partial charge on any atom is -0.350 e. The Bertz CT molecular complexity index is 931. The second kappa shape index (κ2) is 6.92. The summed E-state index contributed by atoms with van der Waals surface area (Å²) >= 11 is 1.59. The first-order valence-electron chi connectivity index (χ1n) is 7.78. The number of aryl methyl sites for hydroxylation is 1. The number of hydrogen-bond donors (Lipinski definition) is 2. The lowest BCUT2D eigenvalue weighted by atomic mass is 10.0. The fourth-order valence-electron chi connectivity index (χ4n) is 2.51. The van der Waals surface area contributed by atoms with E-state index in [1.807, 2.05) is 17.5 Å². The number of hydrogen-bond acceptors (Lipinski definition) is 5. The van der Waals surface area contributed by atoms with Crippen LogP contribution in [0.5, 0.6) is 0 Å². The number of thiazole rings is 1. The van der Waals surface area contributed by atoms with Gasteiger partial charge in [0, 0.05) is 10.8 Å². The highest BCUT2D eigenvalue weighted by atomic mass is 32.1. The van der Waals surface area contributed by atoms with E-state index in [2.05, 4.69) is 27.4 Å². The lowest BCUT2D eigenvalue weighted by molar-refractivity contribution is -0.122. The van der Waals surface area contributed by atoms with E-state index in [-0.39, 0.29) is 11.5 Å². The minimum atomic E-state index is -0.476. The number of nitrogens with one attached hydrogen (secondary N) is 2. The average molecular weight is 342 g/mol. The molecule has 1 amide bonds. The molecule has 0 saturated carbocycles. The second-order valence-corrected chi connectivity index (χ2v) is 6.45. The largest absolute Gasteiger partial charge is 0.350 e. The smallest absolute Gasteiger partial charge is 0.272 e. The third-order valence-electron chi connectivity index (χ3n) is 3.87. The molecule has 0 unspecified atom stereocenters. The van der Waals surface area contributed by atoms with Gasteiger partial charge in [0.2, 0.25) is 5.91 Å². The van der Waals surface area contributed by atoms with Crippen molar-refractivity contribution < 1.29 is 4.79 Å². The third kappa shape index (κ3) is 3.21. The quantitative estimate of drug-likeness (QED) is 0.745. The Kier molecular flexibility index (Phi) is 4.71. The number of aromatic amines is 1.